The van der Waals surface area contributed by atoms with Gasteiger partial charge in [-0.05, 0) is 23.8 Å². The van der Waals surface area contributed by atoms with Crippen molar-refractivity contribution in [1.82, 2.24) is 4.98 Å². The lowest BCUT2D eigenvalue weighted by atomic mass is 10.0. The number of hydrogen-bond donors (Lipinski definition) is 0. The number of carbonyl (C=O) groups excluding carboxylic acids is 1. The molecule has 1 heterocycles. The number of halogens is 3. The third-order valence-electron chi connectivity index (χ3n) is 2.49. The summed E-state index contributed by atoms with van der Waals surface area (Å²) in [6.07, 6.45) is 1.15. The molecule has 0 atom stereocenters. The lowest BCUT2D eigenvalue weighted by Gasteiger charge is -2.06. The quantitative estimate of drug-likeness (QED) is 0.626. The van der Waals surface area contributed by atoms with Gasteiger partial charge in [0.25, 0.3) is 0 Å². The fourth-order valence-electron chi connectivity index (χ4n) is 1.58. The Balaban J connectivity index is 2.50. The molecule has 6 heteroatoms. The van der Waals surface area contributed by atoms with E-state index >= 15 is 0 Å². The van der Waals surface area contributed by atoms with E-state index in [0.29, 0.717) is 0 Å². The van der Waals surface area contributed by atoms with E-state index in [0.717, 1.165) is 19.4 Å². The molecule has 1 aromatic carbocycles. The minimum atomic E-state index is -0.802. The van der Waals surface area contributed by atoms with Gasteiger partial charge in [0.05, 0.1) is 17.7 Å². The molecule has 0 radical (unpaired) electrons. The standard InChI is InChI=1S/C13H8ClF2NO2/c1-19-13(18)9-3-2-7(4-11(9)15)10-5-8(14)6-17-12(10)16/h2-6H,1H3. The van der Waals surface area contributed by atoms with E-state index in [1.165, 1.54) is 18.2 Å². The average Bonchev–Trinajstić information content (AvgIpc) is 2.40. The highest BCUT2D eigenvalue weighted by Gasteiger charge is 2.15. The monoisotopic (exact) mass is 283 g/mol. The first-order valence-electron chi connectivity index (χ1n) is 5.22. The van der Waals surface area contributed by atoms with Crippen molar-refractivity contribution in [2.75, 3.05) is 7.11 Å². The Hall–Kier alpha value is -2.01. The van der Waals surface area contributed by atoms with Crippen LogP contribution in [0.3, 0.4) is 0 Å². The molecule has 0 fully saturated rings. The van der Waals surface area contributed by atoms with Crippen LogP contribution in [-0.2, 0) is 4.74 Å². The summed E-state index contributed by atoms with van der Waals surface area (Å²) < 4.78 is 31.7. The van der Waals surface area contributed by atoms with Crippen molar-refractivity contribution in [2.24, 2.45) is 0 Å². The van der Waals surface area contributed by atoms with E-state index in [2.05, 4.69) is 9.72 Å². The lowest BCUT2D eigenvalue weighted by Crippen LogP contribution is -2.04. The molecule has 0 spiro atoms. The summed E-state index contributed by atoms with van der Waals surface area (Å²) in [5, 5.41) is 0.230. The molecule has 0 bridgehead atoms. The van der Waals surface area contributed by atoms with Gasteiger partial charge in [0.2, 0.25) is 5.95 Å². The first-order valence-corrected chi connectivity index (χ1v) is 5.60. The molecule has 1 aromatic heterocycles. The van der Waals surface area contributed by atoms with Crippen LogP contribution in [-0.4, -0.2) is 18.1 Å². The van der Waals surface area contributed by atoms with Crippen LogP contribution in [0.4, 0.5) is 8.78 Å². The molecular formula is C13H8ClF2NO2. The first-order chi connectivity index (χ1) is 9.02. The van der Waals surface area contributed by atoms with Gasteiger partial charge in [0.15, 0.2) is 0 Å². The number of esters is 1. The second kappa shape index (κ2) is 5.32. The summed E-state index contributed by atoms with van der Waals surface area (Å²) in [4.78, 5) is 14.7. The van der Waals surface area contributed by atoms with Crippen LogP contribution in [0.5, 0.6) is 0 Å². The highest BCUT2D eigenvalue weighted by atomic mass is 35.5. The topological polar surface area (TPSA) is 39.2 Å². The minimum Gasteiger partial charge on any atom is -0.465 e. The van der Waals surface area contributed by atoms with Crippen LogP contribution in [0.25, 0.3) is 11.1 Å². The Kier molecular flexibility index (Phi) is 3.76. The molecule has 0 N–H and O–H groups in total. The van der Waals surface area contributed by atoms with Gasteiger partial charge in [-0.25, -0.2) is 14.2 Å². The summed E-state index contributed by atoms with van der Waals surface area (Å²) >= 11 is 5.71. The Labute approximate surface area is 112 Å². The summed E-state index contributed by atoms with van der Waals surface area (Å²) in [5.41, 5.74) is 0.0714. The second-order valence-corrected chi connectivity index (χ2v) is 4.11. The maximum absolute atomic E-state index is 13.7. The SMILES string of the molecule is COC(=O)c1ccc(-c2cc(Cl)cnc2F)cc1F. The van der Waals surface area contributed by atoms with E-state index in [1.807, 2.05) is 0 Å². The molecule has 0 aliphatic rings. The van der Waals surface area contributed by atoms with E-state index in [1.54, 1.807) is 0 Å². The molecule has 2 rings (SSSR count). The van der Waals surface area contributed by atoms with Gasteiger partial charge in [-0.1, -0.05) is 17.7 Å². The first kappa shape index (κ1) is 13.4. The van der Waals surface area contributed by atoms with Crippen LogP contribution >= 0.6 is 11.6 Å². The predicted octanol–water partition coefficient (Wildman–Crippen LogP) is 3.47. The van der Waals surface area contributed by atoms with Crippen molar-refractivity contribution in [1.29, 1.82) is 0 Å². The van der Waals surface area contributed by atoms with E-state index in [9.17, 15) is 13.6 Å². The smallest absolute Gasteiger partial charge is 0.340 e. The summed E-state index contributed by atoms with van der Waals surface area (Å²) in [6, 6.07) is 4.97. The Bertz CT molecular complexity index is 647. The number of pyridine rings is 1. The average molecular weight is 284 g/mol. The zero-order valence-corrected chi connectivity index (χ0v) is 10.5. The second-order valence-electron chi connectivity index (χ2n) is 3.68. The van der Waals surface area contributed by atoms with Crippen molar-refractivity contribution < 1.29 is 18.3 Å². The van der Waals surface area contributed by atoms with Crippen molar-refractivity contribution in [3.63, 3.8) is 0 Å². The fourth-order valence-corrected chi connectivity index (χ4v) is 1.74. The molecule has 2 aromatic rings. The number of carbonyl (C=O) groups is 1. The Morgan fingerprint density at radius 2 is 2.05 bits per heavy atom. The Morgan fingerprint density at radius 3 is 2.68 bits per heavy atom. The summed E-state index contributed by atoms with van der Waals surface area (Å²) in [6.45, 7) is 0. The van der Waals surface area contributed by atoms with Gasteiger partial charge in [-0.3, -0.25) is 0 Å². The molecule has 0 unspecified atom stereocenters. The van der Waals surface area contributed by atoms with Gasteiger partial charge in [0, 0.05) is 11.8 Å². The van der Waals surface area contributed by atoms with Crippen molar-refractivity contribution in [3.05, 3.63) is 52.8 Å². The molecule has 0 saturated carbocycles. The molecule has 0 saturated heterocycles. The Morgan fingerprint density at radius 1 is 1.32 bits per heavy atom. The van der Waals surface area contributed by atoms with Gasteiger partial charge < -0.3 is 4.74 Å². The van der Waals surface area contributed by atoms with Crippen molar-refractivity contribution in [3.8, 4) is 11.1 Å². The highest BCUT2D eigenvalue weighted by molar-refractivity contribution is 6.30. The third kappa shape index (κ3) is 2.71. The maximum atomic E-state index is 13.7. The highest BCUT2D eigenvalue weighted by Crippen LogP contribution is 2.26. The van der Waals surface area contributed by atoms with Gasteiger partial charge >= 0.3 is 5.97 Å². The minimum absolute atomic E-state index is 0.0582. The molecule has 0 amide bonds. The zero-order chi connectivity index (χ0) is 14.0. The van der Waals surface area contributed by atoms with Crippen molar-refractivity contribution >= 4 is 17.6 Å². The largest absolute Gasteiger partial charge is 0.465 e. The van der Waals surface area contributed by atoms with Crippen LogP contribution in [0, 0.1) is 11.8 Å². The number of aromatic nitrogens is 1. The van der Waals surface area contributed by atoms with Gasteiger partial charge in [-0.2, -0.15) is 4.39 Å². The van der Waals surface area contributed by atoms with Crippen molar-refractivity contribution in [2.45, 2.75) is 0 Å². The van der Waals surface area contributed by atoms with E-state index < -0.39 is 17.7 Å². The van der Waals surface area contributed by atoms with Gasteiger partial charge in [-0.15, -0.1) is 0 Å². The number of hydrogen-bond acceptors (Lipinski definition) is 3. The van der Waals surface area contributed by atoms with E-state index in [-0.39, 0.29) is 21.7 Å². The van der Waals surface area contributed by atoms with E-state index in [4.69, 9.17) is 11.6 Å². The normalized spacial score (nSPS) is 10.3. The number of ether oxygens (including phenoxy) is 1. The number of methoxy groups -OCH3 is 1. The summed E-state index contributed by atoms with van der Waals surface area (Å²) in [5.74, 6) is -2.37. The summed E-state index contributed by atoms with van der Waals surface area (Å²) in [7, 11) is 1.15. The van der Waals surface area contributed by atoms with Crippen LogP contribution in [0.2, 0.25) is 5.02 Å². The zero-order valence-electron chi connectivity index (χ0n) is 9.78. The lowest BCUT2D eigenvalue weighted by molar-refractivity contribution is 0.0595. The molecule has 0 aliphatic carbocycles. The molecule has 0 aliphatic heterocycles. The number of rotatable bonds is 2. The molecule has 19 heavy (non-hydrogen) atoms. The van der Waals surface area contributed by atoms with Crippen LogP contribution in [0.15, 0.2) is 30.5 Å². The van der Waals surface area contributed by atoms with Crippen LogP contribution < -0.4 is 0 Å². The molecule has 98 valence electrons. The predicted molar refractivity (Wildman–Crippen MR) is 65.9 cm³/mol. The fraction of sp³-hybridized carbons (Fsp3) is 0.0769. The number of nitrogens with zero attached hydrogens (tertiary/aromatic N) is 1. The van der Waals surface area contributed by atoms with Crippen LogP contribution in [0.1, 0.15) is 10.4 Å². The van der Waals surface area contributed by atoms with Gasteiger partial charge in [0.1, 0.15) is 5.82 Å². The number of benzene rings is 1. The third-order valence-corrected chi connectivity index (χ3v) is 2.70. The molecular weight excluding hydrogens is 276 g/mol. The maximum Gasteiger partial charge on any atom is 0.340 e. The molecule has 3 nitrogen and oxygen atoms in total.